The van der Waals surface area contributed by atoms with Crippen LogP contribution < -0.4 is 5.32 Å². The van der Waals surface area contributed by atoms with Crippen LogP contribution in [0.5, 0.6) is 0 Å². The fourth-order valence-electron chi connectivity index (χ4n) is 4.47. The molecule has 2 heterocycles. The molecule has 1 amide bonds. The van der Waals surface area contributed by atoms with Gasteiger partial charge in [0.05, 0.1) is 17.7 Å². The highest BCUT2D eigenvalue weighted by Crippen LogP contribution is 2.32. The summed E-state index contributed by atoms with van der Waals surface area (Å²) in [4.78, 5) is 12.5. The Balaban J connectivity index is 1.27. The SMILES string of the molecule is Cc1noc(C)c1C(O)c1cc2cc(CC(=O)NCCCC(C)Cc3ccc(Cl)cc3Cl)ccc2o1. The molecule has 36 heavy (non-hydrogen) atoms. The molecular weight excluding hydrogens is 499 g/mol. The summed E-state index contributed by atoms with van der Waals surface area (Å²) in [6.45, 7) is 6.35. The molecule has 6 nitrogen and oxygen atoms in total. The van der Waals surface area contributed by atoms with Gasteiger partial charge in [-0.05, 0) is 80.5 Å². The molecule has 0 saturated carbocycles. The summed E-state index contributed by atoms with van der Waals surface area (Å²) in [7, 11) is 0. The summed E-state index contributed by atoms with van der Waals surface area (Å²) in [5.74, 6) is 1.39. The number of nitrogens with zero attached hydrogens (tertiary/aromatic N) is 1. The van der Waals surface area contributed by atoms with Crippen LogP contribution in [0.2, 0.25) is 10.0 Å². The van der Waals surface area contributed by atoms with E-state index in [0.29, 0.717) is 50.9 Å². The maximum atomic E-state index is 12.5. The van der Waals surface area contributed by atoms with Crippen molar-refractivity contribution in [2.24, 2.45) is 5.92 Å². The zero-order valence-corrected chi connectivity index (χ0v) is 22.1. The number of halogens is 2. The molecule has 0 fully saturated rings. The molecule has 2 N–H and O–H groups in total. The smallest absolute Gasteiger partial charge is 0.224 e. The Bertz CT molecular complexity index is 1340. The van der Waals surface area contributed by atoms with Crippen molar-refractivity contribution in [1.29, 1.82) is 0 Å². The molecule has 2 aromatic carbocycles. The van der Waals surface area contributed by atoms with E-state index in [2.05, 4.69) is 17.4 Å². The first kappa shape index (κ1) is 26.3. The van der Waals surface area contributed by atoms with E-state index in [4.69, 9.17) is 32.1 Å². The number of aliphatic hydroxyl groups is 1. The van der Waals surface area contributed by atoms with E-state index in [1.807, 2.05) is 30.3 Å². The van der Waals surface area contributed by atoms with Crippen molar-refractivity contribution < 1.29 is 18.8 Å². The van der Waals surface area contributed by atoms with Crippen LogP contribution in [0.3, 0.4) is 0 Å². The number of hydrogen-bond donors (Lipinski definition) is 2. The minimum atomic E-state index is -0.964. The van der Waals surface area contributed by atoms with Crippen molar-refractivity contribution in [2.75, 3.05) is 6.54 Å². The van der Waals surface area contributed by atoms with Crippen LogP contribution in [0.4, 0.5) is 0 Å². The number of amides is 1. The number of aliphatic hydroxyl groups excluding tert-OH is 1. The lowest BCUT2D eigenvalue weighted by molar-refractivity contribution is -0.120. The van der Waals surface area contributed by atoms with E-state index in [-0.39, 0.29) is 12.3 Å². The Morgan fingerprint density at radius 2 is 1.94 bits per heavy atom. The number of aryl methyl sites for hydroxylation is 2. The molecule has 4 rings (SSSR count). The van der Waals surface area contributed by atoms with Crippen LogP contribution in [-0.2, 0) is 17.6 Å². The second-order valence-corrected chi connectivity index (χ2v) is 10.2. The van der Waals surface area contributed by atoms with E-state index in [1.165, 1.54) is 0 Å². The number of carbonyl (C=O) groups is 1. The summed E-state index contributed by atoms with van der Waals surface area (Å²) in [6.07, 6.45) is 2.06. The van der Waals surface area contributed by atoms with Crippen LogP contribution in [0.1, 0.15) is 59.8 Å². The molecule has 190 valence electrons. The number of furan rings is 1. The van der Waals surface area contributed by atoms with Crippen LogP contribution >= 0.6 is 23.2 Å². The van der Waals surface area contributed by atoms with Gasteiger partial charge < -0.3 is 19.4 Å². The summed E-state index contributed by atoms with van der Waals surface area (Å²) in [6, 6.07) is 13.0. The monoisotopic (exact) mass is 528 g/mol. The highest BCUT2D eigenvalue weighted by atomic mass is 35.5. The molecule has 4 aromatic rings. The average molecular weight is 529 g/mol. The molecule has 8 heteroatoms. The van der Waals surface area contributed by atoms with Gasteiger partial charge in [-0.15, -0.1) is 0 Å². The molecule has 0 aliphatic heterocycles. The number of hydrogen-bond acceptors (Lipinski definition) is 5. The van der Waals surface area contributed by atoms with Crippen molar-refractivity contribution in [3.05, 3.63) is 86.4 Å². The van der Waals surface area contributed by atoms with Gasteiger partial charge in [0.25, 0.3) is 0 Å². The molecular formula is C28H30Cl2N2O4. The van der Waals surface area contributed by atoms with Gasteiger partial charge in [0.2, 0.25) is 5.91 Å². The van der Waals surface area contributed by atoms with Crippen molar-refractivity contribution in [2.45, 2.75) is 52.6 Å². The van der Waals surface area contributed by atoms with Gasteiger partial charge in [-0.3, -0.25) is 4.79 Å². The molecule has 0 saturated heterocycles. The number of nitrogens with one attached hydrogen (secondary N) is 1. The largest absolute Gasteiger partial charge is 0.458 e. The number of carbonyl (C=O) groups excluding carboxylic acids is 1. The Morgan fingerprint density at radius 1 is 1.14 bits per heavy atom. The zero-order valence-electron chi connectivity index (χ0n) is 20.6. The number of rotatable bonds is 10. The van der Waals surface area contributed by atoms with Gasteiger partial charge >= 0.3 is 0 Å². The van der Waals surface area contributed by atoms with Gasteiger partial charge in [-0.1, -0.05) is 47.4 Å². The normalized spacial score (nSPS) is 13.2. The van der Waals surface area contributed by atoms with E-state index >= 15 is 0 Å². The third-order valence-electron chi connectivity index (χ3n) is 6.38. The van der Waals surface area contributed by atoms with Crippen LogP contribution in [0.25, 0.3) is 11.0 Å². The Morgan fingerprint density at radius 3 is 2.67 bits per heavy atom. The summed E-state index contributed by atoms with van der Waals surface area (Å²) in [5.41, 5.74) is 3.86. The van der Waals surface area contributed by atoms with Crippen molar-refractivity contribution in [1.82, 2.24) is 10.5 Å². The molecule has 2 aromatic heterocycles. The zero-order chi connectivity index (χ0) is 25.8. The second kappa shape index (κ2) is 11.5. The minimum Gasteiger partial charge on any atom is -0.458 e. The third kappa shape index (κ3) is 6.30. The lowest BCUT2D eigenvalue weighted by Gasteiger charge is -2.13. The van der Waals surface area contributed by atoms with Crippen LogP contribution in [0.15, 0.2) is 51.4 Å². The van der Waals surface area contributed by atoms with Crippen molar-refractivity contribution >= 4 is 40.1 Å². The molecule has 0 aliphatic rings. The highest BCUT2D eigenvalue weighted by molar-refractivity contribution is 6.35. The van der Waals surface area contributed by atoms with Gasteiger partial charge in [-0.25, -0.2) is 0 Å². The molecule has 2 unspecified atom stereocenters. The number of aromatic nitrogens is 1. The average Bonchev–Trinajstić information content (AvgIpc) is 3.40. The lowest BCUT2D eigenvalue weighted by Crippen LogP contribution is -2.26. The molecule has 0 bridgehead atoms. The maximum Gasteiger partial charge on any atom is 0.224 e. The number of fused-ring (bicyclic) bond motifs is 1. The van der Waals surface area contributed by atoms with E-state index in [1.54, 1.807) is 26.0 Å². The first-order chi connectivity index (χ1) is 17.2. The number of benzene rings is 2. The van der Waals surface area contributed by atoms with Crippen molar-refractivity contribution in [3.8, 4) is 0 Å². The van der Waals surface area contributed by atoms with Crippen LogP contribution in [0, 0.1) is 19.8 Å². The Kier molecular flexibility index (Phi) is 8.39. The summed E-state index contributed by atoms with van der Waals surface area (Å²) in [5, 5.41) is 19.8. The van der Waals surface area contributed by atoms with E-state index < -0.39 is 6.10 Å². The van der Waals surface area contributed by atoms with E-state index in [9.17, 15) is 9.90 Å². The van der Waals surface area contributed by atoms with Gasteiger partial charge in [0.1, 0.15) is 23.2 Å². The lowest BCUT2D eigenvalue weighted by atomic mass is 9.96. The first-order valence-electron chi connectivity index (χ1n) is 12.0. The fourth-order valence-corrected chi connectivity index (χ4v) is 4.96. The standard InChI is InChI=1S/C28H30Cl2N2O4/c1-16(11-20-7-8-22(29)15-23(20)30)5-4-10-31-26(33)13-19-6-9-24-21(12-19)14-25(35-24)28(34)27-17(2)32-36-18(27)3/h6-9,12,14-16,28,34H,4-5,10-11,13H2,1-3H3,(H,31,33). The third-order valence-corrected chi connectivity index (χ3v) is 6.96. The van der Waals surface area contributed by atoms with Crippen molar-refractivity contribution in [3.63, 3.8) is 0 Å². The molecule has 0 aliphatic carbocycles. The maximum absolute atomic E-state index is 12.5. The Labute approximate surface area is 220 Å². The first-order valence-corrected chi connectivity index (χ1v) is 12.8. The summed E-state index contributed by atoms with van der Waals surface area (Å²) >= 11 is 12.2. The molecule has 0 radical (unpaired) electrons. The molecule has 0 spiro atoms. The van der Waals surface area contributed by atoms with E-state index in [0.717, 1.165) is 35.8 Å². The van der Waals surface area contributed by atoms with Gasteiger partial charge in [0, 0.05) is 22.0 Å². The van der Waals surface area contributed by atoms with Crippen LogP contribution in [-0.4, -0.2) is 22.7 Å². The summed E-state index contributed by atoms with van der Waals surface area (Å²) < 4.78 is 11.0. The highest BCUT2D eigenvalue weighted by Gasteiger charge is 2.23. The Hall–Kier alpha value is -2.80. The second-order valence-electron chi connectivity index (χ2n) is 9.38. The fraction of sp³-hybridized carbons (Fsp3) is 0.357. The molecule has 2 atom stereocenters. The van der Waals surface area contributed by atoms with Gasteiger partial charge in [-0.2, -0.15) is 0 Å². The predicted octanol–water partition coefficient (Wildman–Crippen LogP) is 6.74. The topological polar surface area (TPSA) is 88.5 Å². The van der Waals surface area contributed by atoms with Gasteiger partial charge in [0.15, 0.2) is 0 Å². The quantitative estimate of drug-likeness (QED) is 0.222. The predicted molar refractivity (Wildman–Crippen MR) is 142 cm³/mol. The minimum absolute atomic E-state index is 0.0257.